The van der Waals surface area contributed by atoms with E-state index in [1.807, 2.05) is 42.2 Å². The quantitative estimate of drug-likeness (QED) is 0.811. The standard InChI is InChI=1S/C22H24FN3O2/c1-17-3-2-4-18(15-17)5-10-22(28)26-13-11-25(12-14-26)16-21(27)24-20-8-6-19(23)7-9-20/h2-10,15H,11-14,16H2,1H3,(H,24,27). The smallest absolute Gasteiger partial charge is 0.246 e. The number of hydrogen-bond donors (Lipinski definition) is 1. The van der Waals surface area contributed by atoms with Crippen molar-refractivity contribution in [3.05, 3.63) is 71.6 Å². The molecule has 5 nitrogen and oxygen atoms in total. The van der Waals surface area contributed by atoms with Crippen LogP contribution in [0, 0.1) is 12.7 Å². The Balaban J connectivity index is 1.44. The van der Waals surface area contributed by atoms with Crippen molar-refractivity contribution in [1.82, 2.24) is 9.80 Å². The molecule has 1 aliphatic heterocycles. The van der Waals surface area contributed by atoms with Gasteiger partial charge in [-0.2, -0.15) is 0 Å². The molecule has 2 aromatic rings. The molecule has 0 atom stereocenters. The molecule has 146 valence electrons. The Labute approximate surface area is 164 Å². The minimum Gasteiger partial charge on any atom is -0.337 e. The molecule has 0 saturated carbocycles. The molecule has 28 heavy (non-hydrogen) atoms. The van der Waals surface area contributed by atoms with Gasteiger partial charge in [0.05, 0.1) is 6.54 Å². The molecule has 1 saturated heterocycles. The SMILES string of the molecule is Cc1cccc(C=CC(=O)N2CCN(CC(=O)Nc3ccc(F)cc3)CC2)c1. The van der Waals surface area contributed by atoms with Gasteiger partial charge in [0.25, 0.3) is 0 Å². The first-order valence-electron chi connectivity index (χ1n) is 9.31. The van der Waals surface area contributed by atoms with Gasteiger partial charge in [0, 0.05) is 37.9 Å². The van der Waals surface area contributed by atoms with E-state index in [-0.39, 0.29) is 24.2 Å². The predicted molar refractivity (Wildman–Crippen MR) is 108 cm³/mol. The Hall–Kier alpha value is -2.99. The third-order valence-electron chi connectivity index (χ3n) is 4.64. The molecule has 6 heteroatoms. The Morgan fingerprint density at radius 2 is 1.79 bits per heavy atom. The Kier molecular flexibility index (Phi) is 6.55. The molecule has 0 bridgehead atoms. The number of piperazine rings is 1. The summed E-state index contributed by atoms with van der Waals surface area (Å²) in [5.74, 6) is -0.502. The molecule has 1 fully saturated rings. The van der Waals surface area contributed by atoms with Crippen LogP contribution in [0.5, 0.6) is 0 Å². The van der Waals surface area contributed by atoms with Gasteiger partial charge in [-0.15, -0.1) is 0 Å². The molecule has 0 radical (unpaired) electrons. The van der Waals surface area contributed by atoms with Crippen molar-refractivity contribution in [3.63, 3.8) is 0 Å². The topological polar surface area (TPSA) is 52.7 Å². The van der Waals surface area contributed by atoms with Gasteiger partial charge < -0.3 is 10.2 Å². The number of carbonyl (C=O) groups excluding carboxylic acids is 2. The van der Waals surface area contributed by atoms with Crippen LogP contribution in [-0.2, 0) is 9.59 Å². The van der Waals surface area contributed by atoms with Crippen LogP contribution in [0.25, 0.3) is 6.08 Å². The number of nitrogens with zero attached hydrogens (tertiary/aromatic N) is 2. The molecule has 1 aliphatic rings. The lowest BCUT2D eigenvalue weighted by Gasteiger charge is -2.33. The number of aryl methyl sites for hydroxylation is 1. The molecule has 0 aromatic heterocycles. The van der Waals surface area contributed by atoms with Crippen LogP contribution in [0.3, 0.4) is 0 Å². The van der Waals surface area contributed by atoms with Crippen LogP contribution >= 0.6 is 0 Å². The fourth-order valence-electron chi connectivity index (χ4n) is 3.11. The summed E-state index contributed by atoms with van der Waals surface area (Å²) in [6.07, 6.45) is 3.43. The van der Waals surface area contributed by atoms with E-state index in [9.17, 15) is 14.0 Å². The first kappa shape index (κ1) is 19.8. The second-order valence-electron chi connectivity index (χ2n) is 6.90. The van der Waals surface area contributed by atoms with Crippen molar-refractivity contribution in [2.24, 2.45) is 0 Å². The van der Waals surface area contributed by atoms with Gasteiger partial charge in [0.2, 0.25) is 11.8 Å². The highest BCUT2D eigenvalue weighted by atomic mass is 19.1. The summed E-state index contributed by atoms with van der Waals surface area (Å²) in [5.41, 5.74) is 2.73. The first-order chi connectivity index (χ1) is 13.5. The normalized spacial score (nSPS) is 15.0. The van der Waals surface area contributed by atoms with E-state index in [0.717, 1.165) is 11.1 Å². The molecule has 1 heterocycles. The van der Waals surface area contributed by atoms with E-state index in [2.05, 4.69) is 5.32 Å². The lowest BCUT2D eigenvalue weighted by atomic mass is 10.1. The molecular formula is C22H24FN3O2. The Bertz CT molecular complexity index is 856. The zero-order valence-corrected chi connectivity index (χ0v) is 15.9. The first-order valence-corrected chi connectivity index (χ1v) is 9.31. The molecular weight excluding hydrogens is 357 g/mol. The number of amides is 2. The van der Waals surface area contributed by atoms with Crippen molar-refractivity contribution >= 4 is 23.6 Å². The van der Waals surface area contributed by atoms with Crippen LogP contribution < -0.4 is 5.32 Å². The summed E-state index contributed by atoms with van der Waals surface area (Å²) in [4.78, 5) is 28.3. The Morgan fingerprint density at radius 3 is 2.46 bits per heavy atom. The van der Waals surface area contributed by atoms with E-state index in [1.165, 1.54) is 24.3 Å². The van der Waals surface area contributed by atoms with Crippen molar-refractivity contribution < 1.29 is 14.0 Å². The second-order valence-corrected chi connectivity index (χ2v) is 6.90. The highest BCUT2D eigenvalue weighted by molar-refractivity contribution is 5.93. The monoisotopic (exact) mass is 381 g/mol. The van der Waals surface area contributed by atoms with Gasteiger partial charge in [-0.25, -0.2) is 4.39 Å². The molecule has 2 aromatic carbocycles. The number of rotatable bonds is 5. The lowest BCUT2D eigenvalue weighted by Crippen LogP contribution is -2.50. The van der Waals surface area contributed by atoms with Gasteiger partial charge in [-0.1, -0.05) is 29.8 Å². The maximum Gasteiger partial charge on any atom is 0.246 e. The van der Waals surface area contributed by atoms with Crippen LogP contribution in [0.1, 0.15) is 11.1 Å². The summed E-state index contributed by atoms with van der Waals surface area (Å²) < 4.78 is 12.9. The Morgan fingerprint density at radius 1 is 1.07 bits per heavy atom. The van der Waals surface area contributed by atoms with E-state index in [0.29, 0.717) is 31.9 Å². The van der Waals surface area contributed by atoms with E-state index >= 15 is 0 Å². The van der Waals surface area contributed by atoms with Gasteiger partial charge in [0.15, 0.2) is 0 Å². The van der Waals surface area contributed by atoms with Crippen molar-refractivity contribution in [2.45, 2.75) is 6.92 Å². The van der Waals surface area contributed by atoms with Crippen LogP contribution in [0.2, 0.25) is 0 Å². The zero-order valence-electron chi connectivity index (χ0n) is 15.9. The maximum absolute atomic E-state index is 12.9. The molecule has 2 amide bonds. The summed E-state index contributed by atoms with van der Waals surface area (Å²) in [7, 11) is 0. The van der Waals surface area contributed by atoms with Crippen LogP contribution in [0.4, 0.5) is 10.1 Å². The number of carbonyl (C=O) groups is 2. The molecule has 1 N–H and O–H groups in total. The van der Waals surface area contributed by atoms with Crippen LogP contribution in [-0.4, -0.2) is 54.3 Å². The van der Waals surface area contributed by atoms with Crippen LogP contribution in [0.15, 0.2) is 54.6 Å². The van der Waals surface area contributed by atoms with E-state index in [4.69, 9.17) is 0 Å². The largest absolute Gasteiger partial charge is 0.337 e. The highest BCUT2D eigenvalue weighted by Crippen LogP contribution is 2.10. The number of nitrogens with one attached hydrogen (secondary N) is 1. The summed E-state index contributed by atoms with van der Waals surface area (Å²) in [6.45, 7) is 4.71. The molecule has 0 spiro atoms. The fourth-order valence-corrected chi connectivity index (χ4v) is 3.11. The van der Waals surface area contributed by atoms with Gasteiger partial charge in [-0.3, -0.25) is 14.5 Å². The molecule has 0 aliphatic carbocycles. The molecule has 0 unspecified atom stereocenters. The third kappa shape index (κ3) is 5.76. The lowest BCUT2D eigenvalue weighted by molar-refractivity contribution is -0.127. The van der Waals surface area contributed by atoms with E-state index in [1.54, 1.807) is 11.0 Å². The average Bonchev–Trinajstić information content (AvgIpc) is 2.68. The van der Waals surface area contributed by atoms with Crippen molar-refractivity contribution in [2.75, 3.05) is 38.0 Å². The number of benzene rings is 2. The third-order valence-corrected chi connectivity index (χ3v) is 4.64. The fraction of sp³-hybridized carbons (Fsp3) is 0.273. The number of anilines is 1. The van der Waals surface area contributed by atoms with Gasteiger partial charge in [-0.05, 0) is 42.8 Å². The van der Waals surface area contributed by atoms with Crippen molar-refractivity contribution in [1.29, 1.82) is 0 Å². The summed E-state index contributed by atoms with van der Waals surface area (Å²) >= 11 is 0. The molecule has 3 rings (SSSR count). The summed E-state index contributed by atoms with van der Waals surface area (Å²) in [5, 5.41) is 2.75. The number of halogens is 1. The maximum atomic E-state index is 12.9. The minimum atomic E-state index is -0.338. The second kappa shape index (κ2) is 9.28. The highest BCUT2D eigenvalue weighted by Gasteiger charge is 2.21. The summed E-state index contributed by atoms with van der Waals surface area (Å²) in [6, 6.07) is 13.7. The number of hydrogen-bond acceptors (Lipinski definition) is 3. The van der Waals surface area contributed by atoms with Gasteiger partial charge >= 0.3 is 0 Å². The van der Waals surface area contributed by atoms with Crippen molar-refractivity contribution in [3.8, 4) is 0 Å². The zero-order chi connectivity index (χ0) is 19.9. The van der Waals surface area contributed by atoms with Gasteiger partial charge in [0.1, 0.15) is 5.82 Å². The predicted octanol–water partition coefficient (Wildman–Crippen LogP) is 2.93. The van der Waals surface area contributed by atoms with E-state index < -0.39 is 0 Å². The average molecular weight is 381 g/mol. The minimum absolute atomic E-state index is 0.0167.